The van der Waals surface area contributed by atoms with Crippen LogP contribution in [-0.4, -0.2) is 5.11 Å². The van der Waals surface area contributed by atoms with Crippen molar-refractivity contribution >= 4 is 33.6 Å². The Morgan fingerprint density at radius 2 is 2.08 bits per heavy atom. The Morgan fingerprint density at radius 1 is 1.31 bits per heavy atom. The minimum absolute atomic E-state index is 0.127. The van der Waals surface area contributed by atoms with Crippen LogP contribution in [0, 0.1) is 3.57 Å². The lowest BCUT2D eigenvalue weighted by atomic mass is 10.2. The van der Waals surface area contributed by atoms with Gasteiger partial charge >= 0.3 is 5.63 Å². The van der Waals surface area contributed by atoms with Crippen molar-refractivity contribution in [1.29, 1.82) is 0 Å². The van der Waals surface area contributed by atoms with Gasteiger partial charge < -0.3 is 9.52 Å². The molecule has 1 N–H and O–H groups in total. The molecule has 1 aromatic heterocycles. The molecular weight excluding hydrogens is 283 g/mol. The van der Waals surface area contributed by atoms with E-state index in [0.717, 1.165) is 8.96 Å². The average Bonchev–Trinajstić information content (AvgIpc) is 2.08. The van der Waals surface area contributed by atoms with Crippen molar-refractivity contribution in [2.45, 2.75) is 0 Å². The molecular formula is C9H5IO3. The maximum absolute atomic E-state index is 10.8. The molecule has 0 saturated heterocycles. The fourth-order valence-electron chi connectivity index (χ4n) is 1.08. The van der Waals surface area contributed by atoms with E-state index in [2.05, 4.69) is 0 Å². The molecule has 0 spiro atoms. The molecule has 0 unspecified atom stereocenters. The molecule has 0 amide bonds. The number of phenolic OH excluding ortho intramolecular Hbond substituents is 1. The summed E-state index contributed by atoms with van der Waals surface area (Å²) in [6.07, 6.45) is 0. The average molecular weight is 288 g/mol. The van der Waals surface area contributed by atoms with Gasteiger partial charge in [0.1, 0.15) is 11.3 Å². The summed E-state index contributed by atoms with van der Waals surface area (Å²) in [5, 5.41) is 10.1. The van der Waals surface area contributed by atoms with E-state index >= 15 is 0 Å². The van der Waals surface area contributed by atoms with Crippen LogP contribution in [0.3, 0.4) is 0 Å². The van der Waals surface area contributed by atoms with Gasteiger partial charge in [0.15, 0.2) is 0 Å². The Balaban J connectivity index is 2.89. The van der Waals surface area contributed by atoms with E-state index in [4.69, 9.17) is 4.42 Å². The Labute approximate surface area is 87.1 Å². The van der Waals surface area contributed by atoms with Crippen LogP contribution in [0.5, 0.6) is 5.75 Å². The van der Waals surface area contributed by atoms with Crippen molar-refractivity contribution in [3.05, 3.63) is 38.3 Å². The Morgan fingerprint density at radius 3 is 2.85 bits per heavy atom. The van der Waals surface area contributed by atoms with E-state index < -0.39 is 5.63 Å². The van der Waals surface area contributed by atoms with Crippen LogP contribution in [0.1, 0.15) is 0 Å². The number of hydrogen-bond acceptors (Lipinski definition) is 3. The second-order valence-corrected chi connectivity index (χ2v) is 3.76. The molecule has 66 valence electrons. The largest absolute Gasteiger partial charge is 0.507 e. The predicted octanol–water partition coefficient (Wildman–Crippen LogP) is 2.10. The number of rotatable bonds is 0. The second-order valence-electron chi connectivity index (χ2n) is 2.60. The van der Waals surface area contributed by atoms with Crippen LogP contribution in [0.25, 0.3) is 11.0 Å². The summed E-state index contributed by atoms with van der Waals surface area (Å²) < 4.78 is 5.61. The van der Waals surface area contributed by atoms with Gasteiger partial charge in [-0.1, -0.05) is 0 Å². The van der Waals surface area contributed by atoms with E-state index in [0.29, 0.717) is 5.58 Å². The summed E-state index contributed by atoms with van der Waals surface area (Å²) in [6, 6.07) is 6.23. The minimum Gasteiger partial charge on any atom is -0.507 e. The van der Waals surface area contributed by atoms with Crippen LogP contribution < -0.4 is 5.63 Å². The standard InChI is InChI=1S/C9H5IO3/c10-6-3-5-1-2-9(12)13-8(5)4-7(6)11/h1-4,11H. The number of aromatic hydroxyl groups is 1. The lowest BCUT2D eigenvalue weighted by molar-refractivity contribution is 0.469. The van der Waals surface area contributed by atoms with Gasteiger partial charge in [0.05, 0.1) is 3.57 Å². The van der Waals surface area contributed by atoms with Crippen molar-refractivity contribution in [2.24, 2.45) is 0 Å². The fraction of sp³-hybridized carbons (Fsp3) is 0. The van der Waals surface area contributed by atoms with Crippen molar-refractivity contribution in [2.75, 3.05) is 0 Å². The summed E-state index contributed by atoms with van der Waals surface area (Å²) in [5.74, 6) is 0.127. The SMILES string of the molecule is O=c1ccc2cc(I)c(O)cc2o1. The smallest absolute Gasteiger partial charge is 0.336 e. The molecule has 0 radical (unpaired) electrons. The Kier molecular flexibility index (Phi) is 1.99. The molecule has 1 heterocycles. The van der Waals surface area contributed by atoms with Gasteiger partial charge in [-0.3, -0.25) is 0 Å². The lowest BCUT2D eigenvalue weighted by Crippen LogP contribution is -1.94. The normalized spacial score (nSPS) is 10.5. The first kappa shape index (κ1) is 8.55. The molecule has 0 aliphatic rings. The van der Waals surface area contributed by atoms with Gasteiger partial charge in [0.25, 0.3) is 0 Å². The van der Waals surface area contributed by atoms with Gasteiger partial charge in [-0.05, 0) is 34.7 Å². The highest BCUT2D eigenvalue weighted by Crippen LogP contribution is 2.24. The van der Waals surface area contributed by atoms with Crippen molar-refractivity contribution in [3.8, 4) is 5.75 Å². The zero-order valence-electron chi connectivity index (χ0n) is 6.45. The first-order chi connectivity index (χ1) is 6.16. The van der Waals surface area contributed by atoms with Crippen LogP contribution in [0.2, 0.25) is 0 Å². The van der Waals surface area contributed by atoms with Gasteiger partial charge in [-0.2, -0.15) is 0 Å². The monoisotopic (exact) mass is 288 g/mol. The fourth-order valence-corrected chi connectivity index (χ4v) is 1.57. The van der Waals surface area contributed by atoms with E-state index in [1.165, 1.54) is 12.1 Å². The first-order valence-corrected chi connectivity index (χ1v) is 4.67. The lowest BCUT2D eigenvalue weighted by Gasteiger charge is -1.98. The molecule has 0 saturated carbocycles. The van der Waals surface area contributed by atoms with Gasteiger partial charge in [-0.15, -0.1) is 0 Å². The molecule has 0 aliphatic heterocycles. The van der Waals surface area contributed by atoms with E-state index in [-0.39, 0.29) is 5.75 Å². The highest BCUT2D eigenvalue weighted by Gasteiger charge is 2.02. The molecule has 2 aromatic rings. The summed E-state index contributed by atoms with van der Waals surface area (Å²) in [6.45, 7) is 0. The molecule has 13 heavy (non-hydrogen) atoms. The summed E-state index contributed by atoms with van der Waals surface area (Å²) in [4.78, 5) is 10.8. The van der Waals surface area contributed by atoms with Gasteiger partial charge in [-0.25, -0.2) is 4.79 Å². The minimum atomic E-state index is -0.409. The maximum atomic E-state index is 10.8. The van der Waals surface area contributed by atoms with Crippen LogP contribution in [0.15, 0.2) is 33.5 Å². The van der Waals surface area contributed by atoms with Crippen molar-refractivity contribution < 1.29 is 9.52 Å². The molecule has 4 heteroatoms. The number of phenols is 1. The zero-order valence-corrected chi connectivity index (χ0v) is 8.61. The predicted molar refractivity (Wildman–Crippen MR) is 56.9 cm³/mol. The zero-order chi connectivity index (χ0) is 9.42. The highest BCUT2D eigenvalue weighted by molar-refractivity contribution is 14.1. The molecule has 2 rings (SSSR count). The van der Waals surface area contributed by atoms with Crippen molar-refractivity contribution in [1.82, 2.24) is 0 Å². The van der Waals surface area contributed by atoms with Crippen LogP contribution >= 0.6 is 22.6 Å². The first-order valence-electron chi connectivity index (χ1n) is 3.59. The number of benzene rings is 1. The molecule has 1 aromatic carbocycles. The summed E-state index contributed by atoms with van der Waals surface area (Å²) >= 11 is 2.01. The van der Waals surface area contributed by atoms with E-state index in [1.54, 1.807) is 12.1 Å². The molecule has 3 nitrogen and oxygen atoms in total. The topological polar surface area (TPSA) is 50.4 Å². The third kappa shape index (κ3) is 1.53. The van der Waals surface area contributed by atoms with Gasteiger partial charge in [0.2, 0.25) is 0 Å². The highest BCUT2D eigenvalue weighted by atomic mass is 127. The van der Waals surface area contributed by atoms with Crippen LogP contribution in [0.4, 0.5) is 0 Å². The number of halogens is 1. The number of fused-ring (bicyclic) bond motifs is 1. The Bertz CT molecular complexity index is 516. The maximum Gasteiger partial charge on any atom is 0.336 e. The second kappa shape index (κ2) is 3.02. The molecule has 0 aliphatic carbocycles. The van der Waals surface area contributed by atoms with Crippen molar-refractivity contribution in [3.63, 3.8) is 0 Å². The third-order valence-electron chi connectivity index (χ3n) is 1.69. The number of hydrogen-bond donors (Lipinski definition) is 1. The summed E-state index contributed by atoms with van der Waals surface area (Å²) in [7, 11) is 0. The van der Waals surface area contributed by atoms with E-state index in [1.807, 2.05) is 22.6 Å². The Hall–Kier alpha value is -1.04. The van der Waals surface area contributed by atoms with E-state index in [9.17, 15) is 9.90 Å². The third-order valence-corrected chi connectivity index (χ3v) is 2.55. The molecule has 0 bridgehead atoms. The summed E-state index contributed by atoms with van der Waals surface area (Å²) in [5.41, 5.74) is -0.00137. The van der Waals surface area contributed by atoms with Gasteiger partial charge in [0, 0.05) is 17.5 Å². The quantitative estimate of drug-likeness (QED) is 0.596. The van der Waals surface area contributed by atoms with Crippen LogP contribution in [-0.2, 0) is 0 Å². The molecule has 0 atom stereocenters. The molecule has 0 fully saturated rings.